The van der Waals surface area contributed by atoms with Gasteiger partial charge in [-0.05, 0) is 12.1 Å². The number of pyridine rings is 1. The minimum Gasteiger partial charge on any atom is -0.396 e. The van der Waals surface area contributed by atoms with Gasteiger partial charge in [0.05, 0.1) is 33.8 Å². The lowest BCUT2D eigenvalue weighted by molar-refractivity contribution is 1.49. The Bertz CT molecular complexity index is 713. The number of nitrogens with two attached hydrogens (primary N) is 4. The van der Waals surface area contributed by atoms with Crippen LogP contribution in [-0.4, -0.2) is 4.98 Å². The monoisotopic (exact) mass is 239 g/mol. The summed E-state index contributed by atoms with van der Waals surface area (Å²) in [6.45, 7) is 0. The van der Waals surface area contributed by atoms with Crippen molar-refractivity contribution in [3.05, 3.63) is 30.3 Å². The smallest absolute Gasteiger partial charge is 0.0982 e. The van der Waals surface area contributed by atoms with E-state index in [0.717, 1.165) is 16.3 Å². The van der Waals surface area contributed by atoms with Gasteiger partial charge in [-0.25, -0.2) is 4.98 Å². The van der Waals surface area contributed by atoms with Crippen LogP contribution < -0.4 is 22.9 Å². The Morgan fingerprint density at radius 3 is 2.22 bits per heavy atom. The first-order valence-corrected chi connectivity index (χ1v) is 5.51. The van der Waals surface area contributed by atoms with Gasteiger partial charge < -0.3 is 22.9 Å². The van der Waals surface area contributed by atoms with Crippen LogP contribution in [0.15, 0.2) is 30.3 Å². The van der Waals surface area contributed by atoms with Crippen molar-refractivity contribution in [3.63, 3.8) is 0 Å². The molecule has 0 bridgehead atoms. The van der Waals surface area contributed by atoms with Gasteiger partial charge in [0.2, 0.25) is 0 Å². The molecular weight excluding hydrogens is 226 g/mol. The van der Waals surface area contributed by atoms with Crippen LogP contribution >= 0.6 is 0 Å². The molecule has 0 aliphatic carbocycles. The SMILES string of the molecule is Nc1c(N)c(N)c2nc3ccccc3cc2c1N. The summed E-state index contributed by atoms with van der Waals surface area (Å²) >= 11 is 0. The molecule has 1 heterocycles. The number of hydrogen-bond acceptors (Lipinski definition) is 5. The molecule has 0 saturated heterocycles. The van der Waals surface area contributed by atoms with Crippen molar-refractivity contribution in [2.24, 2.45) is 0 Å². The first-order valence-electron chi connectivity index (χ1n) is 5.51. The van der Waals surface area contributed by atoms with Crippen molar-refractivity contribution in [1.82, 2.24) is 4.98 Å². The fourth-order valence-electron chi connectivity index (χ4n) is 2.09. The predicted molar refractivity (Wildman–Crippen MR) is 76.9 cm³/mol. The summed E-state index contributed by atoms with van der Waals surface area (Å²) in [6, 6.07) is 9.66. The van der Waals surface area contributed by atoms with Crippen LogP contribution in [0.4, 0.5) is 22.7 Å². The summed E-state index contributed by atoms with van der Waals surface area (Å²) < 4.78 is 0. The summed E-state index contributed by atoms with van der Waals surface area (Å²) in [5, 5.41) is 1.72. The lowest BCUT2D eigenvalue weighted by Gasteiger charge is -2.12. The highest BCUT2D eigenvalue weighted by Crippen LogP contribution is 2.38. The van der Waals surface area contributed by atoms with Crippen LogP contribution in [0, 0.1) is 0 Å². The van der Waals surface area contributed by atoms with Gasteiger partial charge in [0, 0.05) is 10.8 Å². The van der Waals surface area contributed by atoms with Crippen LogP contribution in [0.25, 0.3) is 21.8 Å². The van der Waals surface area contributed by atoms with E-state index < -0.39 is 0 Å². The summed E-state index contributed by atoms with van der Waals surface area (Å²) in [5.41, 5.74) is 26.4. The van der Waals surface area contributed by atoms with Gasteiger partial charge in [-0.1, -0.05) is 18.2 Å². The second-order valence-corrected chi connectivity index (χ2v) is 4.23. The molecule has 0 unspecified atom stereocenters. The molecule has 5 nitrogen and oxygen atoms in total. The minimum absolute atomic E-state index is 0.294. The number of anilines is 4. The zero-order chi connectivity index (χ0) is 12.9. The maximum absolute atomic E-state index is 5.98. The van der Waals surface area contributed by atoms with E-state index >= 15 is 0 Å². The summed E-state index contributed by atoms with van der Waals surface area (Å²) in [5.74, 6) is 0. The highest BCUT2D eigenvalue weighted by molar-refractivity contribution is 6.12. The predicted octanol–water partition coefficient (Wildman–Crippen LogP) is 1.72. The first kappa shape index (κ1) is 10.5. The molecule has 0 aliphatic heterocycles. The third kappa shape index (κ3) is 1.24. The largest absolute Gasteiger partial charge is 0.396 e. The lowest BCUT2D eigenvalue weighted by atomic mass is 10.1. The van der Waals surface area contributed by atoms with Crippen LogP contribution in [0.3, 0.4) is 0 Å². The molecule has 8 N–H and O–H groups in total. The Morgan fingerprint density at radius 2 is 1.44 bits per heavy atom. The number of fused-ring (bicyclic) bond motifs is 2. The maximum atomic E-state index is 5.98. The molecule has 90 valence electrons. The van der Waals surface area contributed by atoms with E-state index in [-0.39, 0.29) is 0 Å². The molecule has 18 heavy (non-hydrogen) atoms. The van der Waals surface area contributed by atoms with Crippen LogP contribution in [0.1, 0.15) is 0 Å². The molecule has 0 aliphatic rings. The van der Waals surface area contributed by atoms with E-state index in [1.807, 2.05) is 30.3 Å². The summed E-state index contributed by atoms with van der Waals surface area (Å²) in [4.78, 5) is 4.50. The van der Waals surface area contributed by atoms with Crippen molar-refractivity contribution >= 4 is 44.6 Å². The number of nitrogen functional groups attached to an aromatic ring is 4. The van der Waals surface area contributed by atoms with E-state index in [1.165, 1.54) is 0 Å². The first-order chi connectivity index (χ1) is 8.59. The zero-order valence-electron chi connectivity index (χ0n) is 9.64. The van der Waals surface area contributed by atoms with Gasteiger partial charge in [-0.2, -0.15) is 0 Å². The standard InChI is InChI=1S/C13H13N5/c14-9-7-5-6-3-1-2-4-8(6)18-13(7)12(17)11(16)10(9)15/h1-5H,14-17H2. The molecule has 0 saturated carbocycles. The van der Waals surface area contributed by atoms with Gasteiger partial charge in [0.25, 0.3) is 0 Å². The summed E-state index contributed by atoms with van der Waals surface area (Å²) in [6.07, 6.45) is 0. The third-order valence-electron chi connectivity index (χ3n) is 3.14. The van der Waals surface area contributed by atoms with Crippen molar-refractivity contribution in [1.29, 1.82) is 0 Å². The van der Waals surface area contributed by atoms with Gasteiger partial charge >= 0.3 is 0 Å². The second-order valence-electron chi connectivity index (χ2n) is 4.23. The number of nitrogens with zero attached hydrogens (tertiary/aromatic N) is 1. The minimum atomic E-state index is 0.294. The lowest BCUT2D eigenvalue weighted by Crippen LogP contribution is -2.06. The Balaban J connectivity index is 2.58. The molecule has 3 rings (SSSR count). The van der Waals surface area contributed by atoms with Gasteiger partial charge in [-0.3, -0.25) is 0 Å². The fraction of sp³-hybridized carbons (Fsp3) is 0. The van der Waals surface area contributed by atoms with E-state index in [1.54, 1.807) is 0 Å². The molecule has 0 atom stereocenters. The topological polar surface area (TPSA) is 117 Å². The van der Waals surface area contributed by atoms with Crippen molar-refractivity contribution in [2.75, 3.05) is 22.9 Å². The van der Waals surface area contributed by atoms with Gasteiger partial charge in [0.1, 0.15) is 0 Å². The van der Waals surface area contributed by atoms with Crippen molar-refractivity contribution < 1.29 is 0 Å². The molecule has 0 spiro atoms. The van der Waals surface area contributed by atoms with E-state index in [4.69, 9.17) is 22.9 Å². The number of aromatic nitrogens is 1. The number of para-hydroxylation sites is 1. The van der Waals surface area contributed by atoms with Crippen molar-refractivity contribution in [2.45, 2.75) is 0 Å². The Labute approximate surface area is 103 Å². The maximum Gasteiger partial charge on any atom is 0.0982 e. The normalized spacial score (nSPS) is 11.1. The molecule has 0 radical (unpaired) electrons. The molecule has 1 aromatic heterocycles. The van der Waals surface area contributed by atoms with Crippen molar-refractivity contribution in [3.8, 4) is 0 Å². The van der Waals surface area contributed by atoms with Gasteiger partial charge in [0.15, 0.2) is 0 Å². The summed E-state index contributed by atoms with van der Waals surface area (Å²) in [7, 11) is 0. The number of benzene rings is 2. The van der Waals surface area contributed by atoms with Crippen LogP contribution in [0.2, 0.25) is 0 Å². The molecule has 3 aromatic rings. The molecule has 2 aromatic carbocycles. The van der Waals surface area contributed by atoms with Crippen LogP contribution in [0.5, 0.6) is 0 Å². The van der Waals surface area contributed by atoms with E-state index in [9.17, 15) is 0 Å². The Hall–Kier alpha value is -2.69. The molecular formula is C13H13N5. The fourth-order valence-corrected chi connectivity index (χ4v) is 2.09. The third-order valence-corrected chi connectivity index (χ3v) is 3.14. The number of hydrogen-bond donors (Lipinski definition) is 4. The number of rotatable bonds is 0. The Morgan fingerprint density at radius 1 is 0.778 bits per heavy atom. The average molecular weight is 239 g/mol. The average Bonchev–Trinajstić information content (AvgIpc) is 2.41. The quantitative estimate of drug-likeness (QED) is 0.352. The van der Waals surface area contributed by atoms with E-state index in [2.05, 4.69) is 4.98 Å². The van der Waals surface area contributed by atoms with Gasteiger partial charge in [-0.15, -0.1) is 0 Å². The zero-order valence-corrected chi connectivity index (χ0v) is 9.64. The highest BCUT2D eigenvalue weighted by Gasteiger charge is 2.13. The van der Waals surface area contributed by atoms with E-state index in [0.29, 0.717) is 28.3 Å². The molecule has 5 heteroatoms. The second kappa shape index (κ2) is 3.40. The molecule has 0 fully saturated rings. The highest BCUT2D eigenvalue weighted by atomic mass is 14.8. The molecule has 0 amide bonds. The van der Waals surface area contributed by atoms with Crippen LogP contribution in [-0.2, 0) is 0 Å². The Kier molecular flexibility index (Phi) is 1.98.